The van der Waals surface area contributed by atoms with Crippen molar-refractivity contribution < 1.29 is 9.18 Å². The second-order valence-electron chi connectivity index (χ2n) is 11.3. The van der Waals surface area contributed by atoms with Crippen LogP contribution < -0.4 is 5.32 Å². The highest BCUT2D eigenvalue weighted by atomic mass is 32.1. The van der Waals surface area contributed by atoms with Crippen molar-refractivity contribution in [2.45, 2.75) is 69.4 Å². The number of imidazole rings is 1. The van der Waals surface area contributed by atoms with Gasteiger partial charge in [-0.1, -0.05) is 0 Å². The number of carbonyl (C=O) groups is 1. The van der Waals surface area contributed by atoms with Crippen LogP contribution in [0.4, 0.5) is 9.18 Å². The number of urea groups is 1. The van der Waals surface area contributed by atoms with Gasteiger partial charge in [0.1, 0.15) is 5.82 Å². The van der Waals surface area contributed by atoms with Gasteiger partial charge >= 0.3 is 6.03 Å². The molecule has 178 valence electrons. The summed E-state index contributed by atoms with van der Waals surface area (Å²) in [7, 11) is 0. The van der Waals surface area contributed by atoms with Crippen molar-refractivity contribution in [3.63, 3.8) is 0 Å². The second kappa shape index (κ2) is 7.80. The van der Waals surface area contributed by atoms with Crippen molar-refractivity contribution in [3.8, 4) is 11.3 Å². The van der Waals surface area contributed by atoms with E-state index in [1.807, 2.05) is 6.20 Å². The number of aromatic nitrogens is 2. The summed E-state index contributed by atoms with van der Waals surface area (Å²) in [5.41, 5.74) is 3.00. The standard InChI is InChI=1S/C27H31FN4OS/c28-21-3-1-20(2-4-21)24-15-32-23(16-34-26(32)29-24)7-8-31(22-5-6-22)25(33)30-27-12-17-9-18(13-27)11-19(10-17)14-27/h1-4,15-19,22H,5-14H2,(H,30,33). The maximum absolute atomic E-state index is 13.5. The molecule has 5 nitrogen and oxygen atoms in total. The van der Waals surface area contributed by atoms with Crippen LogP contribution in [0.2, 0.25) is 0 Å². The number of fused-ring (bicyclic) bond motifs is 1. The first-order valence-corrected chi connectivity index (χ1v) is 13.7. The number of benzene rings is 1. The number of halogens is 1. The monoisotopic (exact) mass is 478 g/mol. The average Bonchev–Trinajstić information content (AvgIpc) is 3.42. The van der Waals surface area contributed by atoms with E-state index >= 15 is 0 Å². The molecule has 0 unspecified atom stereocenters. The van der Waals surface area contributed by atoms with Gasteiger partial charge in [-0.05, 0) is 93.4 Å². The Balaban J connectivity index is 1.06. The van der Waals surface area contributed by atoms with E-state index in [-0.39, 0.29) is 17.4 Å². The number of hydrogen-bond donors (Lipinski definition) is 1. The molecule has 0 spiro atoms. The fourth-order valence-electron chi connectivity index (χ4n) is 7.40. The van der Waals surface area contributed by atoms with Gasteiger partial charge in [-0.25, -0.2) is 14.2 Å². The van der Waals surface area contributed by atoms with Gasteiger partial charge in [0.05, 0.1) is 5.69 Å². The topological polar surface area (TPSA) is 49.6 Å². The molecule has 5 fully saturated rings. The van der Waals surface area contributed by atoms with Crippen LogP contribution in [0.1, 0.15) is 57.1 Å². The van der Waals surface area contributed by atoms with Gasteiger partial charge in [0.25, 0.3) is 0 Å². The van der Waals surface area contributed by atoms with E-state index in [0.29, 0.717) is 6.04 Å². The zero-order chi connectivity index (χ0) is 22.9. The smallest absolute Gasteiger partial charge is 0.318 e. The van der Waals surface area contributed by atoms with Crippen LogP contribution in [0, 0.1) is 23.6 Å². The second-order valence-corrected chi connectivity index (χ2v) is 12.2. The molecule has 34 heavy (non-hydrogen) atoms. The lowest BCUT2D eigenvalue weighted by Gasteiger charge is -2.57. The first-order chi connectivity index (χ1) is 16.5. The van der Waals surface area contributed by atoms with E-state index in [1.165, 1.54) is 56.4 Å². The van der Waals surface area contributed by atoms with Gasteiger partial charge in [-0.15, -0.1) is 11.3 Å². The Morgan fingerprint density at radius 2 is 1.79 bits per heavy atom. The third-order valence-electron chi connectivity index (χ3n) is 8.69. The maximum Gasteiger partial charge on any atom is 0.318 e. The Labute approximate surface area is 203 Å². The van der Waals surface area contributed by atoms with E-state index in [4.69, 9.17) is 4.98 Å². The normalized spacial score (nSPS) is 29.6. The van der Waals surface area contributed by atoms with Gasteiger partial charge in [0, 0.05) is 47.4 Å². The highest BCUT2D eigenvalue weighted by Gasteiger charge is 2.52. The minimum atomic E-state index is -0.238. The summed E-state index contributed by atoms with van der Waals surface area (Å²) in [6.45, 7) is 0.735. The predicted molar refractivity (Wildman–Crippen MR) is 131 cm³/mol. The summed E-state index contributed by atoms with van der Waals surface area (Å²) in [5.74, 6) is 2.25. The van der Waals surface area contributed by atoms with Crippen LogP contribution in [0.25, 0.3) is 16.2 Å². The zero-order valence-corrected chi connectivity index (χ0v) is 20.2. The molecule has 4 bridgehead atoms. The highest BCUT2D eigenvalue weighted by Crippen LogP contribution is 2.55. The lowest BCUT2D eigenvalue weighted by molar-refractivity contribution is -0.0158. The number of hydrogen-bond acceptors (Lipinski definition) is 3. The van der Waals surface area contributed by atoms with Crippen LogP contribution in [-0.2, 0) is 6.42 Å². The third kappa shape index (κ3) is 3.72. The molecule has 2 aromatic heterocycles. The molecule has 2 amide bonds. The van der Waals surface area contributed by atoms with Gasteiger partial charge in [-0.2, -0.15) is 0 Å². The summed E-state index contributed by atoms with van der Waals surface area (Å²) in [4.78, 5) is 21.3. The van der Waals surface area contributed by atoms with Gasteiger partial charge < -0.3 is 10.2 Å². The minimum Gasteiger partial charge on any atom is -0.333 e. The summed E-state index contributed by atoms with van der Waals surface area (Å²) in [6.07, 6.45) is 12.8. The SMILES string of the molecule is O=C(NC12CC3CC(CC(C3)C1)C2)N(CCc1csc2nc(-c3ccc(F)cc3)cn12)C1CC1. The molecule has 3 aromatic rings. The first-order valence-electron chi connectivity index (χ1n) is 12.8. The van der Waals surface area contributed by atoms with Crippen molar-refractivity contribution in [2.75, 3.05) is 6.54 Å². The molecule has 5 aliphatic rings. The highest BCUT2D eigenvalue weighted by molar-refractivity contribution is 7.15. The van der Waals surface area contributed by atoms with E-state index in [0.717, 1.165) is 59.8 Å². The summed E-state index contributed by atoms with van der Waals surface area (Å²) in [5, 5.41) is 5.73. The van der Waals surface area contributed by atoms with E-state index in [2.05, 4.69) is 20.0 Å². The largest absolute Gasteiger partial charge is 0.333 e. The molecule has 0 aliphatic heterocycles. The van der Waals surface area contributed by atoms with Crippen molar-refractivity contribution >= 4 is 22.3 Å². The van der Waals surface area contributed by atoms with Crippen molar-refractivity contribution in [2.24, 2.45) is 17.8 Å². The number of nitrogens with zero attached hydrogens (tertiary/aromatic N) is 3. The van der Waals surface area contributed by atoms with Gasteiger partial charge in [-0.3, -0.25) is 4.40 Å². The summed E-state index contributed by atoms with van der Waals surface area (Å²) >= 11 is 1.62. The van der Waals surface area contributed by atoms with Crippen LogP contribution in [0.15, 0.2) is 35.8 Å². The number of carbonyl (C=O) groups excluding carboxylic acids is 1. The van der Waals surface area contributed by atoms with Crippen LogP contribution >= 0.6 is 11.3 Å². The van der Waals surface area contributed by atoms with Crippen molar-refractivity contribution in [1.29, 1.82) is 0 Å². The zero-order valence-electron chi connectivity index (χ0n) is 19.4. The molecular formula is C27H31FN4OS. The summed E-state index contributed by atoms with van der Waals surface area (Å²) < 4.78 is 15.4. The Bertz CT molecular complexity index is 1190. The summed E-state index contributed by atoms with van der Waals surface area (Å²) in [6, 6.07) is 7.03. The molecule has 7 heteroatoms. The Morgan fingerprint density at radius 1 is 1.12 bits per heavy atom. The fourth-order valence-corrected chi connectivity index (χ4v) is 8.31. The molecule has 1 N–H and O–H groups in total. The van der Waals surface area contributed by atoms with E-state index < -0.39 is 0 Å². The Morgan fingerprint density at radius 3 is 2.44 bits per heavy atom. The molecule has 2 heterocycles. The molecule has 8 rings (SSSR count). The predicted octanol–water partition coefficient (Wildman–Crippen LogP) is 5.89. The van der Waals surface area contributed by atoms with Crippen LogP contribution in [-0.4, -0.2) is 38.4 Å². The van der Waals surface area contributed by atoms with Gasteiger partial charge in [0.2, 0.25) is 0 Å². The quantitative estimate of drug-likeness (QED) is 0.480. The molecule has 5 aliphatic carbocycles. The van der Waals surface area contributed by atoms with Crippen molar-refractivity contribution in [3.05, 3.63) is 47.4 Å². The molecular weight excluding hydrogens is 447 g/mol. The molecule has 0 atom stereocenters. The third-order valence-corrected chi connectivity index (χ3v) is 9.58. The van der Waals surface area contributed by atoms with Gasteiger partial charge in [0.15, 0.2) is 4.96 Å². The molecule has 5 saturated carbocycles. The van der Waals surface area contributed by atoms with E-state index in [9.17, 15) is 9.18 Å². The Kier molecular flexibility index (Phi) is 4.80. The molecule has 0 saturated heterocycles. The minimum absolute atomic E-state index is 0.0586. The Hall–Kier alpha value is -2.41. The number of nitrogens with one attached hydrogen (secondary N) is 1. The number of rotatable bonds is 6. The number of amides is 2. The maximum atomic E-state index is 13.5. The lowest BCUT2D eigenvalue weighted by atomic mass is 9.53. The van der Waals surface area contributed by atoms with Crippen molar-refractivity contribution in [1.82, 2.24) is 19.6 Å². The lowest BCUT2D eigenvalue weighted by Crippen LogP contribution is -2.62. The average molecular weight is 479 g/mol. The fraction of sp³-hybridized carbons (Fsp3) is 0.556. The van der Waals surface area contributed by atoms with Crippen LogP contribution in [0.3, 0.4) is 0 Å². The van der Waals surface area contributed by atoms with Crippen LogP contribution in [0.5, 0.6) is 0 Å². The molecule has 1 aromatic carbocycles. The first kappa shape index (κ1) is 20.9. The number of thiazole rings is 1. The van der Waals surface area contributed by atoms with E-state index in [1.54, 1.807) is 23.5 Å². The molecule has 0 radical (unpaired) electrons.